The zero-order valence-electron chi connectivity index (χ0n) is 8.02. The van der Waals surface area contributed by atoms with Crippen molar-refractivity contribution in [2.45, 2.75) is 6.92 Å². The lowest BCUT2D eigenvalue weighted by atomic mass is 10.5. The van der Waals surface area contributed by atoms with E-state index in [4.69, 9.17) is 0 Å². The first-order valence-electron chi connectivity index (χ1n) is 4.15. The van der Waals surface area contributed by atoms with Crippen LogP contribution in [0.2, 0.25) is 0 Å². The van der Waals surface area contributed by atoms with Crippen LogP contribution in [0.15, 0.2) is 17.5 Å². The van der Waals surface area contributed by atoms with Crippen LogP contribution in [0.3, 0.4) is 0 Å². The van der Waals surface area contributed by atoms with Crippen molar-refractivity contribution in [2.75, 3.05) is 18.6 Å². The maximum Gasteiger partial charge on any atom is 0.397 e. The molecule has 0 unspecified atom stereocenters. The van der Waals surface area contributed by atoms with Gasteiger partial charge in [-0.2, -0.15) is 0 Å². The van der Waals surface area contributed by atoms with E-state index >= 15 is 0 Å². The van der Waals surface area contributed by atoms with Crippen molar-refractivity contribution in [3.05, 3.63) is 17.5 Å². The van der Waals surface area contributed by atoms with Crippen LogP contribution in [0.5, 0.6) is 0 Å². The van der Waals surface area contributed by atoms with Gasteiger partial charge in [0.25, 0.3) is 0 Å². The predicted octanol–water partition coefficient (Wildman–Crippen LogP) is 1.27. The molecule has 4 nitrogen and oxygen atoms in total. The van der Waals surface area contributed by atoms with Crippen molar-refractivity contribution in [1.29, 1.82) is 0 Å². The number of amides is 1. The molecule has 0 saturated heterocycles. The van der Waals surface area contributed by atoms with E-state index in [1.165, 1.54) is 16.2 Å². The first kappa shape index (κ1) is 10.7. The molecule has 0 saturated carbocycles. The molecular weight excluding hydrogens is 202 g/mol. The fourth-order valence-electron chi connectivity index (χ4n) is 0.891. The Morgan fingerprint density at radius 2 is 2.29 bits per heavy atom. The van der Waals surface area contributed by atoms with Crippen molar-refractivity contribution in [3.63, 3.8) is 0 Å². The van der Waals surface area contributed by atoms with Crippen molar-refractivity contribution in [3.8, 4) is 0 Å². The number of hydrogen-bond acceptors (Lipinski definition) is 4. The maximum atomic E-state index is 11.4. The molecule has 0 aliphatic rings. The first-order chi connectivity index (χ1) is 6.66. The largest absolute Gasteiger partial charge is 0.459 e. The van der Waals surface area contributed by atoms with Crippen LogP contribution in [-0.2, 0) is 14.3 Å². The second-order valence-electron chi connectivity index (χ2n) is 2.54. The van der Waals surface area contributed by atoms with Crippen LogP contribution in [0.4, 0.5) is 5.00 Å². The lowest BCUT2D eigenvalue weighted by Gasteiger charge is -2.12. The lowest BCUT2D eigenvalue weighted by molar-refractivity contribution is -0.153. The van der Waals surface area contributed by atoms with Gasteiger partial charge in [0.2, 0.25) is 0 Å². The second kappa shape index (κ2) is 4.76. The van der Waals surface area contributed by atoms with Crippen molar-refractivity contribution in [1.82, 2.24) is 0 Å². The van der Waals surface area contributed by atoms with Crippen LogP contribution in [-0.4, -0.2) is 25.5 Å². The highest BCUT2D eigenvalue weighted by molar-refractivity contribution is 7.14. The van der Waals surface area contributed by atoms with Gasteiger partial charge in [-0.15, -0.1) is 11.3 Å². The van der Waals surface area contributed by atoms with Crippen LogP contribution in [0.1, 0.15) is 6.92 Å². The average Bonchev–Trinajstić information content (AvgIpc) is 2.68. The summed E-state index contributed by atoms with van der Waals surface area (Å²) in [5, 5.41) is 2.56. The Labute approximate surface area is 86.1 Å². The van der Waals surface area contributed by atoms with E-state index in [1.807, 2.05) is 11.4 Å². The zero-order chi connectivity index (χ0) is 10.6. The Bertz CT molecular complexity index is 321. The summed E-state index contributed by atoms with van der Waals surface area (Å²) in [6.07, 6.45) is 0. The molecule has 5 heteroatoms. The number of likely N-dealkylation sites (N-methyl/N-ethyl adjacent to an activating group) is 1. The number of hydrogen-bond donors (Lipinski definition) is 0. The van der Waals surface area contributed by atoms with Gasteiger partial charge < -0.3 is 4.74 Å². The van der Waals surface area contributed by atoms with E-state index in [0.717, 1.165) is 5.00 Å². The maximum absolute atomic E-state index is 11.4. The molecule has 1 rings (SSSR count). The summed E-state index contributed by atoms with van der Waals surface area (Å²) in [5.74, 6) is -1.46. The second-order valence-corrected chi connectivity index (χ2v) is 3.46. The van der Waals surface area contributed by atoms with Gasteiger partial charge in [0, 0.05) is 7.05 Å². The Hall–Kier alpha value is -1.36. The highest BCUT2D eigenvalue weighted by Crippen LogP contribution is 2.19. The zero-order valence-corrected chi connectivity index (χ0v) is 8.84. The van der Waals surface area contributed by atoms with Crippen molar-refractivity contribution in [2.24, 2.45) is 0 Å². The molecule has 0 N–H and O–H groups in total. The first-order valence-corrected chi connectivity index (χ1v) is 5.03. The quantitative estimate of drug-likeness (QED) is 0.549. The van der Waals surface area contributed by atoms with E-state index in [0.29, 0.717) is 0 Å². The molecule has 0 bridgehead atoms. The summed E-state index contributed by atoms with van der Waals surface area (Å²) in [6.45, 7) is 1.87. The minimum Gasteiger partial charge on any atom is -0.459 e. The third-order valence-electron chi connectivity index (χ3n) is 1.59. The Balaban J connectivity index is 2.66. The van der Waals surface area contributed by atoms with Gasteiger partial charge in [-0.05, 0) is 24.4 Å². The van der Waals surface area contributed by atoms with Gasteiger partial charge in [-0.25, -0.2) is 4.79 Å². The number of thiophene rings is 1. The standard InChI is InChI=1S/C9H11NO3S/c1-3-13-9(12)8(11)10(2)7-5-4-6-14-7/h4-6H,3H2,1-2H3. The van der Waals surface area contributed by atoms with E-state index < -0.39 is 11.9 Å². The van der Waals surface area contributed by atoms with Crippen LogP contribution < -0.4 is 4.90 Å². The van der Waals surface area contributed by atoms with Crippen LogP contribution in [0, 0.1) is 0 Å². The van der Waals surface area contributed by atoms with E-state index in [-0.39, 0.29) is 6.61 Å². The highest BCUT2D eigenvalue weighted by Gasteiger charge is 2.21. The monoisotopic (exact) mass is 213 g/mol. The third-order valence-corrected chi connectivity index (χ3v) is 2.54. The average molecular weight is 213 g/mol. The number of anilines is 1. The van der Waals surface area contributed by atoms with Gasteiger partial charge in [0.05, 0.1) is 11.6 Å². The Morgan fingerprint density at radius 1 is 1.57 bits per heavy atom. The van der Waals surface area contributed by atoms with Crippen molar-refractivity contribution >= 4 is 28.2 Å². The number of carbonyl (C=O) groups excluding carboxylic acids is 2. The molecule has 0 atom stereocenters. The molecule has 76 valence electrons. The summed E-state index contributed by atoms with van der Waals surface area (Å²) in [5.41, 5.74) is 0. The molecule has 14 heavy (non-hydrogen) atoms. The molecule has 0 aliphatic carbocycles. The minimum absolute atomic E-state index is 0.211. The van der Waals surface area contributed by atoms with Crippen LogP contribution in [0.25, 0.3) is 0 Å². The molecule has 1 aromatic rings. The Morgan fingerprint density at radius 3 is 2.79 bits per heavy atom. The van der Waals surface area contributed by atoms with Crippen molar-refractivity contribution < 1.29 is 14.3 Å². The molecule has 1 heterocycles. The highest BCUT2D eigenvalue weighted by atomic mass is 32.1. The topological polar surface area (TPSA) is 46.6 Å². The number of esters is 1. The normalized spacial score (nSPS) is 9.57. The number of carbonyl (C=O) groups is 2. The number of nitrogens with zero attached hydrogens (tertiary/aromatic N) is 1. The predicted molar refractivity (Wildman–Crippen MR) is 54.4 cm³/mol. The molecule has 0 aromatic carbocycles. The third kappa shape index (κ3) is 2.32. The molecular formula is C9H11NO3S. The molecule has 0 radical (unpaired) electrons. The van der Waals surface area contributed by atoms with Gasteiger partial charge in [-0.1, -0.05) is 0 Å². The summed E-state index contributed by atoms with van der Waals surface area (Å²) >= 11 is 1.39. The smallest absolute Gasteiger partial charge is 0.397 e. The number of ether oxygens (including phenoxy) is 1. The molecule has 1 aromatic heterocycles. The summed E-state index contributed by atoms with van der Waals surface area (Å²) in [4.78, 5) is 23.7. The fourth-order valence-corrected chi connectivity index (χ4v) is 1.59. The fraction of sp³-hybridized carbons (Fsp3) is 0.333. The molecule has 0 spiro atoms. The van der Waals surface area contributed by atoms with Crippen LogP contribution >= 0.6 is 11.3 Å². The summed E-state index contributed by atoms with van der Waals surface area (Å²) in [7, 11) is 1.55. The van der Waals surface area contributed by atoms with E-state index in [9.17, 15) is 9.59 Å². The van der Waals surface area contributed by atoms with E-state index in [1.54, 1.807) is 20.0 Å². The molecule has 1 amide bonds. The minimum atomic E-state index is -0.816. The van der Waals surface area contributed by atoms with Gasteiger partial charge in [0.1, 0.15) is 0 Å². The molecule has 0 fully saturated rings. The van der Waals surface area contributed by atoms with Gasteiger partial charge in [0.15, 0.2) is 0 Å². The van der Waals surface area contributed by atoms with Gasteiger partial charge >= 0.3 is 11.9 Å². The van der Waals surface area contributed by atoms with Gasteiger partial charge in [-0.3, -0.25) is 9.69 Å². The lowest BCUT2D eigenvalue weighted by Crippen LogP contribution is -2.33. The summed E-state index contributed by atoms with van der Waals surface area (Å²) < 4.78 is 4.60. The number of rotatable bonds is 2. The molecule has 0 aliphatic heterocycles. The van der Waals surface area contributed by atoms with E-state index in [2.05, 4.69) is 4.74 Å². The summed E-state index contributed by atoms with van der Waals surface area (Å²) in [6, 6.07) is 3.58. The Kier molecular flexibility index (Phi) is 3.64. The SMILES string of the molecule is CCOC(=O)C(=O)N(C)c1cccs1.